The van der Waals surface area contributed by atoms with E-state index in [-0.39, 0.29) is 19.0 Å². The number of nitrogens with one attached hydrogen (secondary N) is 1. The summed E-state index contributed by atoms with van der Waals surface area (Å²) in [6, 6.07) is 0. The molecule has 4 nitrogen and oxygen atoms in total. The van der Waals surface area contributed by atoms with Crippen molar-refractivity contribution in [3.8, 4) is 0 Å². The summed E-state index contributed by atoms with van der Waals surface area (Å²) in [5, 5.41) is 1.55. The predicted molar refractivity (Wildman–Crippen MR) is 66.1 cm³/mol. The largest absolute Gasteiger partial charge is 0.350 e. The number of hydrogen-bond donors (Lipinski definition) is 2. The Morgan fingerprint density at radius 3 is 2.69 bits per heavy atom. The topological polar surface area (TPSA) is 58.4 Å². The molecular formula is C12H25N3O. The van der Waals surface area contributed by atoms with Gasteiger partial charge in [-0.05, 0) is 58.9 Å². The normalized spacial score (nSPS) is 33.2. The Balaban J connectivity index is 3.24. The summed E-state index contributed by atoms with van der Waals surface area (Å²) >= 11 is 0. The molecule has 1 saturated heterocycles. The fourth-order valence-corrected chi connectivity index (χ4v) is 1.62. The van der Waals surface area contributed by atoms with Gasteiger partial charge in [0.2, 0.25) is 5.91 Å². The summed E-state index contributed by atoms with van der Waals surface area (Å²) in [7, 11) is 0. The Hall–Kier alpha value is -0.610. The van der Waals surface area contributed by atoms with Crippen LogP contribution in [0, 0.1) is 5.92 Å². The lowest BCUT2D eigenvalue weighted by atomic mass is 9.97. The predicted octanol–water partition coefficient (Wildman–Crippen LogP) is 0.572. The molecule has 94 valence electrons. The minimum atomic E-state index is -3.64. The molecule has 0 aromatic rings. The number of amides is 1. The zero-order valence-corrected chi connectivity index (χ0v) is 9.05. The molecule has 1 aliphatic rings. The zero-order chi connectivity index (χ0) is 21.5. The number of nitrogens with zero attached hydrogens (tertiary/aromatic N) is 1. The quantitative estimate of drug-likeness (QED) is 0.756. The average Bonchev–Trinajstić information content (AvgIpc) is 2.48. The maximum atomic E-state index is 12.6. The van der Waals surface area contributed by atoms with Gasteiger partial charge in [0.05, 0.1) is 9.24 Å². The van der Waals surface area contributed by atoms with Gasteiger partial charge in [-0.3, -0.25) is 9.69 Å². The molecular weight excluding hydrogens is 202 g/mol. The molecule has 0 bridgehead atoms. The maximum Gasteiger partial charge on any atom is 0.234 e. The SMILES string of the molecule is [2H]C([2H])(C(=O)NC(C([2H])([2H])[2H])(C([2H])([2H])[2H])C([2H])([2H])[2H])N1CCC(CN)CC1. The van der Waals surface area contributed by atoms with Gasteiger partial charge >= 0.3 is 0 Å². The molecule has 1 aliphatic heterocycles. The van der Waals surface area contributed by atoms with Crippen molar-refractivity contribution in [3.63, 3.8) is 0 Å². The molecule has 1 heterocycles. The molecule has 0 radical (unpaired) electrons. The van der Waals surface area contributed by atoms with Gasteiger partial charge in [0.1, 0.15) is 0 Å². The van der Waals surface area contributed by atoms with Crippen LogP contribution in [0.1, 0.15) is 48.5 Å². The molecule has 0 aromatic carbocycles. The van der Waals surface area contributed by atoms with Gasteiger partial charge < -0.3 is 11.1 Å². The van der Waals surface area contributed by atoms with Gasteiger partial charge in [0.25, 0.3) is 0 Å². The summed E-state index contributed by atoms with van der Waals surface area (Å²) in [6.07, 6.45) is 1.01. The minimum Gasteiger partial charge on any atom is -0.350 e. The summed E-state index contributed by atoms with van der Waals surface area (Å²) in [5.74, 6) is -1.46. The van der Waals surface area contributed by atoms with Crippen LogP contribution in [0.25, 0.3) is 0 Å². The van der Waals surface area contributed by atoms with Crippen LogP contribution in [0.15, 0.2) is 0 Å². The molecule has 0 saturated carbocycles. The highest BCUT2D eigenvalue weighted by atomic mass is 16.2. The van der Waals surface area contributed by atoms with E-state index >= 15 is 0 Å². The minimum absolute atomic E-state index is 0.143. The first-order valence-electron chi connectivity index (χ1n) is 10.7. The van der Waals surface area contributed by atoms with E-state index in [0.717, 1.165) is 4.90 Å². The highest BCUT2D eigenvalue weighted by Crippen LogP contribution is 2.15. The maximum absolute atomic E-state index is 12.6. The molecule has 0 aliphatic carbocycles. The number of carbonyl (C=O) groups excluding carboxylic acids is 1. The van der Waals surface area contributed by atoms with Crippen LogP contribution in [0.3, 0.4) is 0 Å². The van der Waals surface area contributed by atoms with Crippen molar-refractivity contribution in [3.05, 3.63) is 0 Å². The Labute approximate surface area is 114 Å². The van der Waals surface area contributed by atoms with E-state index in [4.69, 9.17) is 20.8 Å². The summed E-state index contributed by atoms with van der Waals surface area (Å²) in [6.45, 7) is -13.0. The van der Waals surface area contributed by atoms with Crippen molar-refractivity contribution in [1.82, 2.24) is 10.2 Å². The Morgan fingerprint density at radius 1 is 1.56 bits per heavy atom. The van der Waals surface area contributed by atoms with E-state index < -0.39 is 38.5 Å². The Kier molecular flexibility index (Phi) is 1.61. The molecule has 1 amide bonds. The second-order valence-corrected chi connectivity index (χ2v) is 3.98. The number of likely N-dealkylation sites (tertiary alicyclic amines) is 1. The second kappa shape index (κ2) is 5.64. The third kappa shape index (κ3) is 4.94. The second-order valence-electron chi connectivity index (χ2n) is 3.98. The number of piperidine rings is 1. The molecule has 16 heavy (non-hydrogen) atoms. The molecule has 0 atom stereocenters. The van der Waals surface area contributed by atoms with Crippen molar-refractivity contribution in [2.45, 2.75) is 38.9 Å². The monoisotopic (exact) mass is 238 g/mol. The molecule has 1 fully saturated rings. The lowest BCUT2D eigenvalue weighted by Gasteiger charge is -2.31. The summed E-state index contributed by atoms with van der Waals surface area (Å²) in [4.78, 5) is 13.7. The Morgan fingerprint density at radius 2 is 2.19 bits per heavy atom. The van der Waals surface area contributed by atoms with Crippen molar-refractivity contribution in [2.24, 2.45) is 11.7 Å². The van der Waals surface area contributed by atoms with Crippen LogP contribution in [-0.4, -0.2) is 42.5 Å². The standard InChI is InChI=1S/C12H25N3O/c1-12(2,3)14-11(16)9-15-6-4-10(8-13)5-7-15/h10H,4-9,13H2,1-3H3,(H,14,16)/i1D3,2D3,3D3,9D2. The first-order chi connectivity index (χ1) is 11.9. The molecule has 4 heteroatoms. The highest BCUT2D eigenvalue weighted by molar-refractivity contribution is 5.78. The first-order valence-corrected chi connectivity index (χ1v) is 5.19. The fraction of sp³-hybridized carbons (Fsp3) is 0.917. The highest BCUT2D eigenvalue weighted by Gasteiger charge is 2.21. The number of nitrogens with two attached hydrogens (primary N) is 1. The average molecular weight is 238 g/mol. The fourth-order valence-electron chi connectivity index (χ4n) is 1.62. The summed E-state index contributed by atoms with van der Waals surface area (Å²) in [5.41, 5.74) is 1.96. The van der Waals surface area contributed by atoms with Crippen LogP contribution < -0.4 is 11.1 Å². The van der Waals surface area contributed by atoms with E-state index in [0.29, 0.717) is 19.4 Å². The smallest absolute Gasteiger partial charge is 0.234 e. The van der Waals surface area contributed by atoms with E-state index in [1.165, 1.54) is 0 Å². The molecule has 0 spiro atoms. The van der Waals surface area contributed by atoms with Gasteiger partial charge in [-0.2, -0.15) is 0 Å². The zero-order valence-electron chi connectivity index (χ0n) is 20.0. The van der Waals surface area contributed by atoms with Gasteiger partial charge in [-0.15, -0.1) is 0 Å². The van der Waals surface area contributed by atoms with Crippen molar-refractivity contribution >= 4 is 5.91 Å². The Bertz CT molecular complexity index is 496. The third-order valence-electron chi connectivity index (χ3n) is 2.51. The molecule has 3 N–H and O–H groups in total. The van der Waals surface area contributed by atoms with Crippen molar-refractivity contribution < 1.29 is 19.9 Å². The number of carbonyl (C=O) groups is 1. The molecule has 0 aromatic heterocycles. The van der Waals surface area contributed by atoms with Crippen LogP contribution in [0.2, 0.25) is 0 Å². The van der Waals surface area contributed by atoms with E-state index in [9.17, 15) is 4.79 Å². The summed E-state index contributed by atoms with van der Waals surface area (Å²) < 4.78 is 83.5. The van der Waals surface area contributed by atoms with E-state index in [1.807, 2.05) is 0 Å². The van der Waals surface area contributed by atoms with Gasteiger partial charge in [0.15, 0.2) is 0 Å². The van der Waals surface area contributed by atoms with Gasteiger partial charge in [-0.25, -0.2) is 0 Å². The van der Waals surface area contributed by atoms with E-state index in [1.54, 1.807) is 5.32 Å². The lowest BCUT2D eigenvalue weighted by molar-refractivity contribution is -0.124. The lowest BCUT2D eigenvalue weighted by Crippen LogP contribution is -2.47. The third-order valence-corrected chi connectivity index (χ3v) is 2.51. The molecule has 0 unspecified atom stereocenters. The van der Waals surface area contributed by atoms with Crippen LogP contribution in [0.4, 0.5) is 0 Å². The molecule has 1 rings (SSSR count). The number of hydrogen-bond acceptors (Lipinski definition) is 3. The van der Waals surface area contributed by atoms with Gasteiger partial charge in [-0.1, -0.05) is 0 Å². The van der Waals surface area contributed by atoms with Crippen molar-refractivity contribution in [2.75, 3.05) is 26.1 Å². The van der Waals surface area contributed by atoms with Crippen molar-refractivity contribution in [1.29, 1.82) is 0 Å². The van der Waals surface area contributed by atoms with Crippen LogP contribution in [0.5, 0.6) is 0 Å². The first kappa shape index (κ1) is 4.58. The van der Waals surface area contributed by atoms with Gasteiger partial charge in [0, 0.05) is 17.9 Å². The van der Waals surface area contributed by atoms with Crippen LogP contribution in [-0.2, 0) is 4.79 Å². The van der Waals surface area contributed by atoms with Crippen LogP contribution >= 0.6 is 0 Å². The van der Waals surface area contributed by atoms with E-state index in [2.05, 4.69) is 0 Å². The number of rotatable bonds is 3.